The molecule has 0 fully saturated rings. The first kappa shape index (κ1) is 20.6. The molecule has 0 unspecified atom stereocenters. The lowest BCUT2D eigenvalue weighted by atomic mass is 10.1. The average Bonchev–Trinajstić information content (AvgIpc) is 2.52. The maximum atomic E-state index is 11.5. The second kappa shape index (κ2) is 16.0. The van der Waals surface area contributed by atoms with E-state index >= 15 is 0 Å². The normalized spacial score (nSPS) is 11.4. The molecule has 0 bridgehead atoms. The number of ketones is 1. The molecule has 0 saturated carbocycles. The zero-order valence-corrected chi connectivity index (χ0v) is 14.3. The third kappa shape index (κ3) is 15.0. The highest BCUT2D eigenvalue weighted by atomic mass is 16.5. The summed E-state index contributed by atoms with van der Waals surface area (Å²) in [4.78, 5) is 22.4. The summed E-state index contributed by atoms with van der Waals surface area (Å²) in [6.45, 7) is 2.18. The van der Waals surface area contributed by atoms with E-state index in [2.05, 4.69) is 11.7 Å². The fourth-order valence-electron chi connectivity index (χ4n) is 2.13. The Hall–Kier alpha value is -1.38. The van der Waals surface area contributed by atoms with Crippen molar-refractivity contribution in [3.05, 3.63) is 24.3 Å². The Labute approximate surface area is 135 Å². The van der Waals surface area contributed by atoms with E-state index in [4.69, 9.17) is 0 Å². The minimum Gasteiger partial charge on any atom is -0.469 e. The van der Waals surface area contributed by atoms with Crippen molar-refractivity contribution in [3.63, 3.8) is 0 Å². The van der Waals surface area contributed by atoms with Crippen LogP contribution in [0.1, 0.15) is 77.6 Å². The number of unbranched alkanes of at least 4 members (excludes halogenated alkanes) is 8. The average molecular weight is 308 g/mol. The lowest BCUT2D eigenvalue weighted by molar-refractivity contribution is -0.140. The van der Waals surface area contributed by atoms with Gasteiger partial charge in [-0.25, -0.2) is 0 Å². The van der Waals surface area contributed by atoms with Crippen LogP contribution in [0, 0.1) is 0 Å². The van der Waals surface area contributed by atoms with Crippen molar-refractivity contribution >= 4 is 11.8 Å². The van der Waals surface area contributed by atoms with Crippen LogP contribution < -0.4 is 0 Å². The van der Waals surface area contributed by atoms with Gasteiger partial charge in [0.15, 0.2) is 5.78 Å². The summed E-state index contributed by atoms with van der Waals surface area (Å²) in [7, 11) is 1.43. The Bertz CT molecular complexity index is 343. The maximum absolute atomic E-state index is 11.5. The zero-order valence-electron chi connectivity index (χ0n) is 14.3. The van der Waals surface area contributed by atoms with Gasteiger partial charge in [0, 0.05) is 6.42 Å². The van der Waals surface area contributed by atoms with E-state index in [1.54, 1.807) is 12.2 Å². The SMILES string of the molecule is CCCCC/C=C\C(=O)/C=C\CCCCCCCC(=O)OC. The van der Waals surface area contributed by atoms with Gasteiger partial charge in [0.1, 0.15) is 0 Å². The van der Waals surface area contributed by atoms with Crippen molar-refractivity contribution in [1.82, 2.24) is 0 Å². The largest absolute Gasteiger partial charge is 0.469 e. The molecule has 3 nitrogen and oxygen atoms in total. The molecule has 126 valence electrons. The first-order chi connectivity index (χ1) is 10.7. The van der Waals surface area contributed by atoms with Crippen LogP contribution in [-0.4, -0.2) is 18.9 Å². The van der Waals surface area contributed by atoms with Crippen molar-refractivity contribution in [3.8, 4) is 0 Å². The molecular formula is C19H32O3. The van der Waals surface area contributed by atoms with Crippen LogP contribution in [0.5, 0.6) is 0 Å². The summed E-state index contributed by atoms with van der Waals surface area (Å²) < 4.78 is 4.59. The molecule has 0 amide bonds. The van der Waals surface area contributed by atoms with Crippen LogP contribution in [0.4, 0.5) is 0 Å². The molecule has 0 spiro atoms. The van der Waals surface area contributed by atoms with E-state index in [1.165, 1.54) is 26.4 Å². The molecular weight excluding hydrogens is 276 g/mol. The van der Waals surface area contributed by atoms with Gasteiger partial charge in [-0.05, 0) is 44.3 Å². The highest BCUT2D eigenvalue weighted by molar-refractivity contribution is 5.99. The number of ether oxygens (including phenoxy) is 1. The highest BCUT2D eigenvalue weighted by Gasteiger charge is 1.98. The molecule has 0 saturated heterocycles. The van der Waals surface area contributed by atoms with E-state index in [-0.39, 0.29) is 11.8 Å². The van der Waals surface area contributed by atoms with Crippen LogP contribution in [0.25, 0.3) is 0 Å². The number of carbonyl (C=O) groups is 2. The molecule has 22 heavy (non-hydrogen) atoms. The molecule has 0 atom stereocenters. The Balaban J connectivity index is 3.42. The third-order valence-electron chi connectivity index (χ3n) is 3.52. The smallest absolute Gasteiger partial charge is 0.305 e. The Morgan fingerprint density at radius 3 is 1.95 bits per heavy atom. The number of esters is 1. The van der Waals surface area contributed by atoms with Crippen LogP contribution in [0.3, 0.4) is 0 Å². The molecule has 0 aromatic heterocycles. The molecule has 3 heteroatoms. The summed E-state index contributed by atoms with van der Waals surface area (Å²) in [6, 6.07) is 0. The summed E-state index contributed by atoms with van der Waals surface area (Å²) in [5, 5.41) is 0. The first-order valence-corrected chi connectivity index (χ1v) is 8.64. The second-order valence-corrected chi connectivity index (χ2v) is 5.59. The summed E-state index contributed by atoms with van der Waals surface area (Å²) in [5.41, 5.74) is 0. The fourth-order valence-corrected chi connectivity index (χ4v) is 2.13. The number of hydrogen-bond acceptors (Lipinski definition) is 3. The van der Waals surface area contributed by atoms with Gasteiger partial charge in [-0.2, -0.15) is 0 Å². The summed E-state index contributed by atoms with van der Waals surface area (Å²) in [5.74, 6) is -0.0289. The van der Waals surface area contributed by atoms with Crippen molar-refractivity contribution in [2.45, 2.75) is 77.6 Å². The van der Waals surface area contributed by atoms with E-state index in [9.17, 15) is 9.59 Å². The lowest BCUT2D eigenvalue weighted by Crippen LogP contribution is -1.99. The van der Waals surface area contributed by atoms with Crippen molar-refractivity contribution in [2.24, 2.45) is 0 Å². The molecule has 0 aliphatic carbocycles. The van der Waals surface area contributed by atoms with Crippen molar-refractivity contribution in [2.75, 3.05) is 7.11 Å². The number of carbonyl (C=O) groups excluding carboxylic acids is 2. The van der Waals surface area contributed by atoms with Crippen molar-refractivity contribution in [1.29, 1.82) is 0 Å². The van der Waals surface area contributed by atoms with Gasteiger partial charge in [0.2, 0.25) is 0 Å². The van der Waals surface area contributed by atoms with Gasteiger partial charge in [-0.15, -0.1) is 0 Å². The van der Waals surface area contributed by atoms with E-state index in [0.717, 1.165) is 44.9 Å². The van der Waals surface area contributed by atoms with Gasteiger partial charge in [0.25, 0.3) is 0 Å². The number of rotatable bonds is 14. The molecule has 0 N–H and O–H groups in total. The van der Waals surface area contributed by atoms with Crippen LogP contribution in [0.2, 0.25) is 0 Å². The molecule has 0 radical (unpaired) electrons. The summed E-state index contributed by atoms with van der Waals surface area (Å²) in [6.07, 6.45) is 18.7. The van der Waals surface area contributed by atoms with Gasteiger partial charge < -0.3 is 4.74 Å². The second-order valence-electron chi connectivity index (χ2n) is 5.59. The highest BCUT2D eigenvalue weighted by Crippen LogP contribution is 2.08. The Morgan fingerprint density at radius 2 is 1.36 bits per heavy atom. The fraction of sp³-hybridized carbons (Fsp3) is 0.684. The minimum atomic E-state index is -0.121. The number of allylic oxidation sites excluding steroid dienone is 4. The maximum Gasteiger partial charge on any atom is 0.305 e. The lowest BCUT2D eigenvalue weighted by Gasteiger charge is -1.99. The van der Waals surface area contributed by atoms with Crippen LogP contribution in [-0.2, 0) is 14.3 Å². The van der Waals surface area contributed by atoms with Gasteiger partial charge >= 0.3 is 5.97 Å². The standard InChI is InChI=1S/C19H32O3/c1-3-4-5-9-12-15-18(20)16-13-10-7-6-8-11-14-17-19(21)22-2/h12-13,15-16H,3-11,14,17H2,1-2H3/b15-12-,16-13-. The molecule has 0 aromatic rings. The van der Waals surface area contributed by atoms with Crippen LogP contribution >= 0.6 is 0 Å². The molecule has 0 heterocycles. The Morgan fingerprint density at radius 1 is 0.818 bits per heavy atom. The number of methoxy groups -OCH3 is 1. The quantitative estimate of drug-likeness (QED) is 0.253. The Kier molecular flexibility index (Phi) is 15.0. The monoisotopic (exact) mass is 308 g/mol. The van der Waals surface area contributed by atoms with Crippen molar-refractivity contribution < 1.29 is 14.3 Å². The van der Waals surface area contributed by atoms with E-state index in [0.29, 0.717) is 6.42 Å². The van der Waals surface area contributed by atoms with Gasteiger partial charge in [0.05, 0.1) is 7.11 Å². The third-order valence-corrected chi connectivity index (χ3v) is 3.52. The molecule has 0 rings (SSSR count). The van der Waals surface area contributed by atoms with Gasteiger partial charge in [-0.1, -0.05) is 51.2 Å². The molecule has 0 aliphatic heterocycles. The summed E-state index contributed by atoms with van der Waals surface area (Å²) >= 11 is 0. The number of hydrogen-bond donors (Lipinski definition) is 0. The topological polar surface area (TPSA) is 43.4 Å². The van der Waals surface area contributed by atoms with E-state index in [1.807, 2.05) is 12.2 Å². The first-order valence-electron chi connectivity index (χ1n) is 8.64. The predicted octanol–water partition coefficient (Wildman–Crippen LogP) is 5.15. The van der Waals surface area contributed by atoms with Gasteiger partial charge in [-0.3, -0.25) is 9.59 Å². The molecule has 0 aliphatic rings. The zero-order chi connectivity index (χ0) is 16.5. The minimum absolute atomic E-state index is 0.0922. The van der Waals surface area contributed by atoms with Crippen LogP contribution in [0.15, 0.2) is 24.3 Å². The molecule has 0 aromatic carbocycles. The predicted molar refractivity (Wildman–Crippen MR) is 91.8 cm³/mol. The van der Waals surface area contributed by atoms with E-state index < -0.39 is 0 Å².